The minimum atomic E-state index is 0.592. The third-order valence-corrected chi connectivity index (χ3v) is 5.37. The molecule has 0 spiro atoms. The van der Waals surface area contributed by atoms with Crippen LogP contribution in [-0.4, -0.2) is 51.7 Å². The van der Waals surface area contributed by atoms with E-state index in [1.807, 2.05) is 19.2 Å². The monoisotopic (exact) mass is 380 g/mol. The van der Waals surface area contributed by atoms with Crippen LogP contribution in [0.5, 0.6) is 5.75 Å². The quantitative estimate of drug-likeness (QED) is 0.615. The Kier molecular flexibility index (Phi) is 6.80. The predicted octanol–water partition coefficient (Wildman–Crippen LogP) is 3.54. The fourth-order valence-corrected chi connectivity index (χ4v) is 3.77. The molecule has 1 atom stereocenters. The van der Waals surface area contributed by atoms with Gasteiger partial charge < -0.3 is 19.9 Å². The van der Waals surface area contributed by atoms with Crippen molar-refractivity contribution < 1.29 is 4.74 Å². The van der Waals surface area contributed by atoms with Crippen LogP contribution in [0.25, 0.3) is 0 Å². The number of para-hydroxylation sites is 2. The van der Waals surface area contributed by atoms with Gasteiger partial charge in [-0.25, -0.2) is 0 Å². The van der Waals surface area contributed by atoms with Crippen molar-refractivity contribution >= 4 is 11.6 Å². The second-order valence-corrected chi connectivity index (χ2v) is 7.54. The predicted molar refractivity (Wildman–Crippen MR) is 117 cm³/mol. The third kappa shape index (κ3) is 4.97. The van der Waals surface area contributed by atoms with Crippen molar-refractivity contribution in [2.75, 3.05) is 45.7 Å². The molecule has 0 aliphatic carbocycles. The number of aryl methyl sites for hydroxylation is 1. The second-order valence-electron chi connectivity index (χ2n) is 7.54. The molecule has 0 aromatic heterocycles. The molecule has 0 saturated carbocycles. The largest absolute Gasteiger partial charge is 0.495 e. The van der Waals surface area contributed by atoms with Crippen molar-refractivity contribution in [3.05, 3.63) is 59.7 Å². The van der Waals surface area contributed by atoms with Crippen LogP contribution in [-0.2, 0) is 6.54 Å². The SMILES string of the molecule is CN=C(NCC1CCN(c2ccccc2OC)C1)N(C)Cc1ccc(C)cc1. The molecule has 1 saturated heterocycles. The summed E-state index contributed by atoms with van der Waals surface area (Å²) >= 11 is 0. The zero-order valence-electron chi connectivity index (χ0n) is 17.5. The van der Waals surface area contributed by atoms with Gasteiger partial charge in [0.2, 0.25) is 0 Å². The Labute approximate surface area is 169 Å². The summed E-state index contributed by atoms with van der Waals surface area (Å²) in [6.07, 6.45) is 1.17. The zero-order chi connectivity index (χ0) is 19.9. The number of benzene rings is 2. The van der Waals surface area contributed by atoms with E-state index in [1.54, 1.807) is 7.11 Å². The Morgan fingerprint density at radius 1 is 1.21 bits per heavy atom. The van der Waals surface area contributed by atoms with E-state index in [4.69, 9.17) is 4.74 Å². The lowest BCUT2D eigenvalue weighted by atomic mass is 10.1. The van der Waals surface area contributed by atoms with Crippen molar-refractivity contribution in [2.24, 2.45) is 10.9 Å². The highest BCUT2D eigenvalue weighted by molar-refractivity contribution is 5.79. The number of anilines is 1. The molecule has 0 radical (unpaired) electrons. The van der Waals surface area contributed by atoms with Gasteiger partial charge in [-0.3, -0.25) is 4.99 Å². The first-order chi connectivity index (χ1) is 13.6. The van der Waals surface area contributed by atoms with Gasteiger partial charge in [-0.2, -0.15) is 0 Å². The van der Waals surface area contributed by atoms with E-state index in [-0.39, 0.29) is 0 Å². The number of ether oxygens (including phenoxy) is 1. The summed E-state index contributed by atoms with van der Waals surface area (Å²) in [5.41, 5.74) is 3.77. The van der Waals surface area contributed by atoms with E-state index in [0.717, 1.165) is 37.9 Å². The van der Waals surface area contributed by atoms with E-state index >= 15 is 0 Å². The number of rotatable bonds is 6. The highest BCUT2D eigenvalue weighted by atomic mass is 16.5. The highest BCUT2D eigenvalue weighted by Gasteiger charge is 2.24. The molecular weight excluding hydrogens is 348 g/mol. The van der Waals surface area contributed by atoms with Gasteiger partial charge in [-0.1, -0.05) is 42.0 Å². The van der Waals surface area contributed by atoms with E-state index in [2.05, 4.69) is 70.5 Å². The number of guanidine groups is 1. The molecule has 5 nitrogen and oxygen atoms in total. The van der Waals surface area contributed by atoms with Crippen molar-refractivity contribution in [3.63, 3.8) is 0 Å². The van der Waals surface area contributed by atoms with Gasteiger partial charge in [0.05, 0.1) is 12.8 Å². The molecule has 1 aliphatic heterocycles. The number of nitrogens with one attached hydrogen (secondary N) is 1. The standard InChI is InChI=1S/C23H32N4O/c1-18-9-11-19(12-10-18)16-26(3)23(24-2)25-15-20-13-14-27(17-20)21-7-5-6-8-22(21)28-4/h5-12,20H,13-17H2,1-4H3,(H,24,25). The summed E-state index contributed by atoms with van der Waals surface area (Å²) < 4.78 is 5.52. The summed E-state index contributed by atoms with van der Waals surface area (Å²) in [6.45, 7) is 5.98. The van der Waals surface area contributed by atoms with Gasteiger partial charge in [-0.05, 0) is 37.0 Å². The molecule has 5 heteroatoms. The number of aliphatic imine (C=N–C) groups is 1. The fourth-order valence-electron chi connectivity index (χ4n) is 3.77. The number of hydrogen-bond acceptors (Lipinski definition) is 3. The molecule has 1 unspecified atom stereocenters. The first-order valence-corrected chi connectivity index (χ1v) is 9.96. The van der Waals surface area contributed by atoms with Gasteiger partial charge in [-0.15, -0.1) is 0 Å². The Morgan fingerprint density at radius 2 is 1.96 bits per heavy atom. The van der Waals surface area contributed by atoms with E-state index in [1.165, 1.54) is 23.2 Å². The first kappa shape index (κ1) is 20.1. The molecule has 1 aliphatic rings. The van der Waals surface area contributed by atoms with Gasteiger partial charge in [0.25, 0.3) is 0 Å². The van der Waals surface area contributed by atoms with Gasteiger partial charge in [0.15, 0.2) is 5.96 Å². The van der Waals surface area contributed by atoms with Gasteiger partial charge >= 0.3 is 0 Å². The van der Waals surface area contributed by atoms with Crippen LogP contribution in [0, 0.1) is 12.8 Å². The molecule has 150 valence electrons. The fraction of sp³-hybridized carbons (Fsp3) is 0.435. The zero-order valence-corrected chi connectivity index (χ0v) is 17.5. The van der Waals surface area contributed by atoms with Crippen molar-refractivity contribution in [1.29, 1.82) is 0 Å². The van der Waals surface area contributed by atoms with E-state index in [0.29, 0.717) is 5.92 Å². The molecule has 0 amide bonds. The molecule has 2 aromatic rings. The molecule has 1 fully saturated rings. The molecule has 28 heavy (non-hydrogen) atoms. The Morgan fingerprint density at radius 3 is 2.68 bits per heavy atom. The number of nitrogens with zero attached hydrogens (tertiary/aromatic N) is 3. The maximum absolute atomic E-state index is 5.52. The van der Waals surface area contributed by atoms with E-state index < -0.39 is 0 Å². The smallest absolute Gasteiger partial charge is 0.193 e. The molecule has 1 heterocycles. The minimum absolute atomic E-state index is 0.592. The Balaban J connectivity index is 1.52. The van der Waals surface area contributed by atoms with Crippen molar-refractivity contribution in [2.45, 2.75) is 19.9 Å². The maximum Gasteiger partial charge on any atom is 0.193 e. The van der Waals surface area contributed by atoms with E-state index in [9.17, 15) is 0 Å². The summed E-state index contributed by atoms with van der Waals surface area (Å²) in [6, 6.07) is 16.9. The van der Waals surface area contributed by atoms with Crippen LogP contribution >= 0.6 is 0 Å². The number of hydrogen-bond donors (Lipinski definition) is 1. The second kappa shape index (κ2) is 9.49. The van der Waals surface area contributed by atoms with Crippen molar-refractivity contribution in [3.8, 4) is 5.75 Å². The van der Waals surface area contributed by atoms with Crippen LogP contribution in [0.3, 0.4) is 0 Å². The first-order valence-electron chi connectivity index (χ1n) is 9.96. The van der Waals surface area contributed by atoms with Gasteiger partial charge in [0.1, 0.15) is 5.75 Å². The van der Waals surface area contributed by atoms with Crippen LogP contribution < -0.4 is 15.0 Å². The molecule has 1 N–H and O–H groups in total. The van der Waals surface area contributed by atoms with Crippen LogP contribution in [0.15, 0.2) is 53.5 Å². The Bertz CT molecular complexity index is 787. The van der Waals surface area contributed by atoms with Crippen LogP contribution in [0.4, 0.5) is 5.69 Å². The molecule has 2 aromatic carbocycles. The van der Waals surface area contributed by atoms with Crippen LogP contribution in [0.2, 0.25) is 0 Å². The van der Waals surface area contributed by atoms with Crippen molar-refractivity contribution in [1.82, 2.24) is 10.2 Å². The molecule has 0 bridgehead atoms. The summed E-state index contributed by atoms with van der Waals surface area (Å²) in [5.74, 6) is 2.48. The Hall–Kier alpha value is -2.69. The molecular formula is C23H32N4O. The maximum atomic E-state index is 5.52. The number of methoxy groups -OCH3 is 1. The average molecular weight is 381 g/mol. The highest BCUT2D eigenvalue weighted by Crippen LogP contribution is 2.31. The minimum Gasteiger partial charge on any atom is -0.495 e. The normalized spacial score (nSPS) is 16.9. The van der Waals surface area contributed by atoms with Gasteiger partial charge in [0, 0.05) is 40.3 Å². The topological polar surface area (TPSA) is 40.1 Å². The average Bonchev–Trinajstić information content (AvgIpc) is 3.19. The lowest BCUT2D eigenvalue weighted by molar-refractivity contribution is 0.414. The lowest BCUT2D eigenvalue weighted by Crippen LogP contribution is -2.41. The summed E-state index contributed by atoms with van der Waals surface area (Å²) in [4.78, 5) is 9.06. The molecule has 3 rings (SSSR count). The van der Waals surface area contributed by atoms with Crippen LogP contribution in [0.1, 0.15) is 17.5 Å². The summed E-state index contributed by atoms with van der Waals surface area (Å²) in [7, 11) is 5.68. The summed E-state index contributed by atoms with van der Waals surface area (Å²) in [5, 5.41) is 3.56. The third-order valence-electron chi connectivity index (χ3n) is 5.37. The lowest BCUT2D eigenvalue weighted by Gasteiger charge is -2.24.